The van der Waals surface area contributed by atoms with Crippen molar-refractivity contribution in [2.24, 2.45) is 0 Å². The highest BCUT2D eigenvalue weighted by Crippen LogP contribution is 2.22. The van der Waals surface area contributed by atoms with Crippen molar-refractivity contribution < 1.29 is 4.42 Å². The lowest BCUT2D eigenvalue weighted by atomic mass is 9.97. The second kappa shape index (κ2) is 5.13. The molecule has 0 unspecified atom stereocenters. The fraction of sp³-hybridized carbons (Fsp3) is 0.818. The Kier molecular flexibility index (Phi) is 4.81. The highest BCUT2D eigenvalue weighted by atomic mass is 16.4. The van der Waals surface area contributed by atoms with E-state index in [1.807, 2.05) is 27.7 Å². The molecule has 1 aromatic heterocycles. The van der Waals surface area contributed by atoms with Crippen molar-refractivity contribution in [3.63, 3.8) is 0 Å². The van der Waals surface area contributed by atoms with Crippen molar-refractivity contribution in [1.82, 2.24) is 10.2 Å². The second-order valence-electron chi connectivity index (χ2n) is 4.35. The maximum atomic E-state index is 5.49. The van der Waals surface area contributed by atoms with E-state index >= 15 is 0 Å². The van der Waals surface area contributed by atoms with E-state index in [1.165, 1.54) is 0 Å². The molecule has 0 atom stereocenters. The van der Waals surface area contributed by atoms with Crippen LogP contribution in [0.1, 0.15) is 66.2 Å². The van der Waals surface area contributed by atoms with Gasteiger partial charge in [0.25, 0.3) is 0 Å². The fourth-order valence-corrected chi connectivity index (χ4v) is 0.771. The third-order valence-electron chi connectivity index (χ3n) is 1.58. The fourth-order valence-electron chi connectivity index (χ4n) is 0.771. The lowest BCUT2D eigenvalue weighted by Crippen LogP contribution is -2.11. The number of rotatable bonds is 1. The molecule has 0 saturated heterocycles. The lowest BCUT2D eigenvalue weighted by molar-refractivity contribution is 0.363. The van der Waals surface area contributed by atoms with E-state index < -0.39 is 0 Å². The standard InChI is InChI=1S/C9H16N2O.C2H6/c1-6(2)7-10-11-8(12-7)9(3,4)5;1-2/h6H,1-5H3;1-2H3. The van der Waals surface area contributed by atoms with Gasteiger partial charge in [0.05, 0.1) is 0 Å². The first-order chi connectivity index (χ1) is 6.41. The van der Waals surface area contributed by atoms with E-state index in [0.29, 0.717) is 11.8 Å². The van der Waals surface area contributed by atoms with Crippen LogP contribution in [-0.4, -0.2) is 10.2 Å². The summed E-state index contributed by atoms with van der Waals surface area (Å²) in [5.74, 6) is 1.75. The van der Waals surface area contributed by atoms with Gasteiger partial charge in [-0.05, 0) is 0 Å². The van der Waals surface area contributed by atoms with Gasteiger partial charge in [-0.15, -0.1) is 10.2 Å². The van der Waals surface area contributed by atoms with Crippen LogP contribution in [-0.2, 0) is 5.41 Å². The van der Waals surface area contributed by atoms with Crippen molar-refractivity contribution >= 4 is 0 Å². The van der Waals surface area contributed by atoms with Gasteiger partial charge in [0.15, 0.2) is 0 Å². The molecule has 0 saturated carbocycles. The van der Waals surface area contributed by atoms with E-state index in [4.69, 9.17) is 4.42 Å². The van der Waals surface area contributed by atoms with Crippen molar-refractivity contribution in [3.8, 4) is 0 Å². The maximum Gasteiger partial charge on any atom is 0.221 e. The summed E-state index contributed by atoms with van der Waals surface area (Å²) in [6.45, 7) is 14.3. The molecule has 3 heteroatoms. The third-order valence-corrected chi connectivity index (χ3v) is 1.58. The van der Waals surface area contributed by atoms with Crippen molar-refractivity contribution in [2.45, 2.75) is 59.8 Å². The quantitative estimate of drug-likeness (QED) is 0.693. The predicted molar refractivity (Wildman–Crippen MR) is 58.4 cm³/mol. The van der Waals surface area contributed by atoms with Crippen molar-refractivity contribution in [1.29, 1.82) is 0 Å². The second-order valence-corrected chi connectivity index (χ2v) is 4.35. The molecule has 0 spiro atoms. The largest absolute Gasteiger partial charge is 0.424 e. The zero-order valence-corrected chi connectivity index (χ0v) is 10.4. The number of aromatic nitrogens is 2. The van der Waals surface area contributed by atoms with Crippen LogP contribution in [0.5, 0.6) is 0 Å². The Morgan fingerprint density at radius 1 is 1.07 bits per heavy atom. The molecule has 0 aromatic carbocycles. The Bertz CT molecular complexity index is 258. The molecule has 0 aliphatic rings. The molecular weight excluding hydrogens is 176 g/mol. The summed E-state index contributed by atoms with van der Waals surface area (Å²) in [4.78, 5) is 0. The maximum absolute atomic E-state index is 5.49. The van der Waals surface area contributed by atoms with E-state index in [2.05, 4.69) is 31.0 Å². The number of hydrogen-bond donors (Lipinski definition) is 0. The van der Waals surface area contributed by atoms with Crippen LogP contribution in [0.15, 0.2) is 4.42 Å². The lowest BCUT2D eigenvalue weighted by Gasteiger charge is -2.11. The van der Waals surface area contributed by atoms with Gasteiger partial charge in [0.2, 0.25) is 11.8 Å². The van der Waals surface area contributed by atoms with Crippen LogP contribution < -0.4 is 0 Å². The van der Waals surface area contributed by atoms with Gasteiger partial charge < -0.3 is 4.42 Å². The molecule has 14 heavy (non-hydrogen) atoms. The van der Waals surface area contributed by atoms with Gasteiger partial charge in [0.1, 0.15) is 0 Å². The molecule has 82 valence electrons. The van der Waals surface area contributed by atoms with Crippen LogP contribution in [0, 0.1) is 0 Å². The van der Waals surface area contributed by atoms with Crippen LogP contribution in [0.3, 0.4) is 0 Å². The zero-order chi connectivity index (χ0) is 11.4. The summed E-state index contributed by atoms with van der Waals surface area (Å²) < 4.78 is 5.49. The molecule has 0 amide bonds. The number of nitrogens with zero attached hydrogens (tertiary/aromatic N) is 2. The van der Waals surface area contributed by atoms with Gasteiger partial charge >= 0.3 is 0 Å². The first kappa shape index (κ1) is 13.1. The Morgan fingerprint density at radius 2 is 1.57 bits per heavy atom. The summed E-state index contributed by atoms with van der Waals surface area (Å²) in [7, 11) is 0. The average Bonchev–Trinajstić information content (AvgIpc) is 2.54. The molecule has 1 heterocycles. The zero-order valence-electron chi connectivity index (χ0n) is 10.4. The van der Waals surface area contributed by atoms with Crippen LogP contribution in [0.4, 0.5) is 0 Å². The van der Waals surface area contributed by atoms with Gasteiger partial charge in [-0.1, -0.05) is 48.5 Å². The first-order valence-corrected chi connectivity index (χ1v) is 5.25. The Hall–Kier alpha value is -0.860. The molecular formula is C11H22N2O. The summed E-state index contributed by atoms with van der Waals surface area (Å²) in [5.41, 5.74) is -0.0415. The molecule has 0 aliphatic carbocycles. The van der Waals surface area contributed by atoms with Gasteiger partial charge in [-0.25, -0.2) is 0 Å². The van der Waals surface area contributed by atoms with Crippen molar-refractivity contribution in [3.05, 3.63) is 11.8 Å². The first-order valence-electron chi connectivity index (χ1n) is 5.25. The van der Waals surface area contributed by atoms with Gasteiger partial charge in [-0.2, -0.15) is 0 Å². The molecule has 0 fully saturated rings. The minimum Gasteiger partial charge on any atom is -0.424 e. The average molecular weight is 198 g/mol. The molecule has 1 rings (SSSR count). The highest BCUT2D eigenvalue weighted by Gasteiger charge is 2.21. The summed E-state index contributed by atoms with van der Waals surface area (Å²) in [6, 6.07) is 0. The van der Waals surface area contributed by atoms with Crippen molar-refractivity contribution in [2.75, 3.05) is 0 Å². The molecule has 0 N–H and O–H groups in total. The van der Waals surface area contributed by atoms with Crippen LogP contribution in [0.2, 0.25) is 0 Å². The molecule has 1 aromatic rings. The van der Waals surface area contributed by atoms with E-state index in [0.717, 1.165) is 5.89 Å². The minimum atomic E-state index is -0.0415. The Balaban J connectivity index is 0.000000791. The monoisotopic (exact) mass is 198 g/mol. The molecule has 0 radical (unpaired) electrons. The summed E-state index contributed by atoms with van der Waals surface area (Å²) in [5, 5.41) is 7.96. The van der Waals surface area contributed by atoms with E-state index in [9.17, 15) is 0 Å². The van der Waals surface area contributed by atoms with E-state index in [1.54, 1.807) is 0 Å². The molecule has 0 aliphatic heterocycles. The SMILES string of the molecule is CC.CC(C)c1nnc(C(C)(C)C)o1. The third kappa shape index (κ3) is 3.48. The molecule has 0 bridgehead atoms. The highest BCUT2D eigenvalue weighted by molar-refractivity contribution is 4.97. The molecule has 3 nitrogen and oxygen atoms in total. The van der Waals surface area contributed by atoms with Gasteiger partial charge in [0, 0.05) is 11.3 Å². The topological polar surface area (TPSA) is 38.9 Å². The minimum absolute atomic E-state index is 0.0415. The smallest absolute Gasteiger partial charge is 0.221 e. The normalized spacial score (nSPS) is 11.1. The Labute approximate surface area is 86.9 Å². The summed E-state index contributed by atoms with van der Waals surface area (Å²) in [6.07, 6.45) is 0. The number of hydrogen-bond acceptors (Lipinski definition) is 3. The predicted octanol–water partition coefficient (Wildman–Crippen LogP) is 3.52. The Morgan fingerprint density at radius 3 is 1.79 bits per heavy atom. The van der Waals surface area contributed by atoms with Crippen LogP contribution in [0.25, 0.3) is 0 Å². The van der Waals surface area contributed by atoms with Gasteiger partial charge in [-0.3, -0.25) is 0 Å². The summed E-state index contributed by atoms with van der Waals surface area (Å²) >= 11 is 0. The van der Waals surface area contributed by atoms with Crippen LogP contribution >= 0.6 is 0 Å². The van der Waals surface area contributed by atoms with E-state index in [-0.39, 0.29) is 5.41 Å².